The third kappa shape index (κ3) is 2.46. The molecule has 0 saturated carbocycles. The first-order chi connectivity index (χ1) is 5.83. The lowest BCUT2D eigenvalue weighted by Gasteiger charge is -2.37. The molecule has 0 amide bonds. The van der Waals surface area contributed by atoms with Crippen LogP contribution in [0.25, 0.3) is 0 Å². The van der Waals surface area contributed by atoms with Crippen LogP contribution in [0, 0.1) is 0 Å². The van der Waals surface area contributed by atoms with Crippen molar-refractivity contribution in [3.63, 3.8) is 0 Å². The Morgan fingerprint density at radius 3 is 1.92 bits per heavy atom. The van der Waals surface area contributed by atoms with E-state index >= 15 is 0 Å². The zero-order valence-electron chi connectivity index (χ0n) is 8.27. The maximum atomic E-state index is 5.72. The van der Waals surface area contributed by atoms with E-state index in [1.807, 2.05) is 0 Å². The van der Waals surface area contributed by atoms with Crippen LogP contribution >= 0.6 is 0 Å². The Balaban J connectivity index is 2.44. The number of rotatable bonds is 4. The molecule has 1 fully saturated rings. The van der Waals surface area contributed by atoms with E-state index < -0.39 is 0 Å². The summed E-state index contributed by atoms with van der Waals surface area (Å²) in [6.07, 6.45) is 5.41. The van der Waals surface area contributed by atoms with E-state index in [0.29, 0.717) is 0 Å². The molecular weight excluding hydrogens is 152 g/mol. The topological polar surface area (TPSA) is 18.5 Å². The molecule has 0 bridgehead atoms. The van der Waals surface area contributed by atoms with Crippen molar-refractivity contribution in [3.8, 4) is 0 Å². The van der Waals surface area contributed by atoms with E-state index in [2.05, 4.69) is 13.8 Å². The van der Waals surface area contributed by atoms with Gasteiger partial charge in [0.1, 0.15) is 0 Å². The molecule has 0 radical (unpaired) electrons. The van der Waals surface area contributed by atoms with Gasteiger partial charge in [-0.3, -0.25) is 0 Å². The zero-order valence-corrected chi connectivity index (χ0v) is 8.27. The van der Waals surface area contributed by atoms with Crippen LogP contribution in [0.2, 0.25) is 0 Å². The van der Waals surface area contributed by atoms with Gasteiger partial charge in [0.15, 0.2) is 5.79 Å². The van der Waals surface area contributed by atoms with Crippen molar-refractivity contribution < 1.29 is 9.47 Å². The van der Waals surface area contributed by atoms with Gasteiger partial charge in [0.05, 0.1) is 13.2 Å². The maximum Gasteiger partial charge on any atom is 0.168 e. The first kappa shape index (κ1) is 10.0. The summed E-state index contributed by atoms with van der Waals surface area (Å²) >= 11 is 0. The molecule has 0 aromatic rings. The molecule has 0 aliphatic carbocycles. The normalized spacial score (nSPS) is 22.5. The van der Waals surface area contributed by atoms with Crippen molar-refractivity contribution in [1.29, 1.82) is 0 Å². The average Bonchev–Trinajstić information content (AvgIpc) is 2.07. The van der Waals surface area contributed by atoms with Crippen LogP contribution in [0.1, 0.15) is 46.0 Å². The minimum absolute atomic E-state index is 0.220. The van der Waals surface area contributed by atoms with Gasteiger partial charge in [-0.2, -0.15) is 0 Å². The number of hydrogen-bond acceptors (Lipinski definition) is 2. The Bertz CT molecular complexity index is 101. The Kier molecular flexibility index (Phi) is 4.02. The summed E-state index contributed by atoms with van der Waals surface area (Å²) < 4.78 is 11.4. The molecule has 72 valence electrons. The molecular formula is C10H20O2. The molecule has 0 aromatic carbocycles. The van der Waals surface area contributed by atoms with Gasteiger partial charge in [-0.15, -0.1) is 0 Å². The van der Waals surface area contributed by atoms with Crippen molar-refractivity contribution in [2.24, 2.45) is 0 Å². The SMILES string of the molecule is CCCC1(CCC)OCCCO1. The zero-order chi connectivity index (χ0) is 8.86. The summed E-state index contributed by atoms with van der Waals surface area (Å²) in [5, 5.41) is 0. The van der Waals surface area contributed by atoms with Crippen molar-refractivity contribution in [1.82, 2.24) is 0 Å². The molecule has 1 rings (SSSR count). The monoisotopic (exact) mass is 172 g/mol. The van der Waals surface area contributed by atoms with E-state index in [0.717, 1.165) is 45.3 Å². The van der Waals surface area contributed by atoms with Crippen LogP contribution in [0.15, 0.2) is 0 Å². The fourth-order valence-corrected chi connectivity index (χ4v) is 1.79. The van der Waals surface area contributed by atoms with Crippen LogP contribution in [0.4, 0.5) is 0 Å². The van der Waals surface area contributed by atoms with Gasteiger partial charge in [0.25, 0.3) is 0 Å². The maximum absolute atomic E-state index is 5.72. The third-order valence-corrected chi connectivity index (χ3v) is 2.28. The van der Waals surface area contributed by atoms with Gasteiger partial charge < -0.3 is 9.47 Å². The van der Waals surface area contributed by atoms with E-state index in [9.17, 15) is 0 Å². The van der Waals surface area contributed by atoms with Gasteiger partial charge in [0, 0.05) is 12.8 Å². The van der Waals surface area contributed by atoms with Crippen LogP contribution in [0.5, 0.6) is 0 Å². The highest BCUT2D eigenvalue weighted by Crippen LogP contribution is 2.28. The molecule has 0 spiro atoms. The Morgan fingerprint density at radius 1 is 1.00 bits per heavy atom. The Hall–Kier alpha value is -0.0800. The van der Waals surface area contributed by atoms with Crippen LogP contribution in [-0.2, 0) is 9.47 Å². The molecule has 1 heterocycles. The quantitative estimate of drug-likeness (QED) is 0.649. The standard InChI is InChI=1S/C10H20O2/c1-3-6-10(7-4-2)11-8-5-9-12-10/h3-9H2,1-2H3. The van der Waals surface area contributed by atoms with Crippen molar-refractivity contribution >= 4 is 0 Å². The van der Waals surface area contributed by atoms with Crippen LogP contribution in [-0.4, -0.2) is 19.0 Å². The van der Waals surface area contributed by atoms with Gasteiger partial charge >= 0.3 is 0 Å². The molecule has 1 aliphatic heterocycles. The lowest BCUT2D eigenvalue weighted by atomic mass is 10.0. The smallest absolute Gasteiger partial charge is 0.168 e. The average molecular weight is 172 g/mol. The van der Waals surface area contributed by atoms with Gasteiger partial charge in [0.2, 0.25) is 0 Å². The van der Waals surface area contributed by atoms with E-state index in [4.69, 9.17) is 9.47 Å². The molecule has 0 aromatic heterocycles. The minimum atomic E-state index is -0.220. The highest BCUT2D eigenvalue weighted by molar-refractivity contribution is 4.71. The molecule has 1 aliphatic rings. The van der Waals surface area contributed by atoms with E-state index in [1.54, 1.807) is 0 Å². The molecule has 0 N–H and O–H groups in total. The molecule has 2 nitrogen and oxygen atoms in total. The Labute approximate surface area is 75.2 Å². The highest BCUT2D eigenvalue weighted by atomic mass is 16.7. The summed E-state index contributed by atoms with van der Waals surface area (Å²) in [6.45, 7) is 6.11. The lowest BCUT2D eigenvalue weighted by molar-refractivity contribution is -0.273. The number of hydrogen-bond donors (Lipinski definition) is 0. The predicted octanol–water partition coefficient (Wildman–Crippen LogP) is 2.72. The summed E-state index contributed by atoms with van der Waals surface area (Å²) in [7, 11) is 0. The van der Waals surface area contributed by atoms with Crippen LogP contribution in [0.3, 0.4) is 0 Å². The second-order valence-corrected chi connectivity index (χ2v) is 3.46. The summed E-state index contributed by atoms with van der Waals surface area (Å²) in [5.41, 5.74) is 0. The molecule has 12 heavy (non-hydrogen) atoms. The highest BCUT2D eigenvalue weighted by Gasteiger charge is 2.32. The molecule has 0 atom stereocenters. The lowest BCUT2D eigenvalue weighted by Crippen LogP contribution is -2.40. The van der Waals surface area contributed by atoms with Gasteiger partial charge in [-0.1, -0.05) is 26.7 Å². The van der Waals surface area contributed by atoms with Crippen molar-refractivity contribution in [2.45, 2.75) is 51.7 Å². The fraction of sp³-hybridized carbons (Fsp3) is 1.00. The third-order valence-electron chi connectivity index (χ3n) is 2.28. The minimum Gasteiger partial charge on any atom is -0.350 e. The fourth-order valence-electron chi connectivity index (χ4n) is 1.79. The second kappa shape index (κ2) is 4.83. The molecule has 1 saturated heterocycles. The summed E-state index contributed by atoms with van der Waals surface area (Å²) in [4.78, 5) is 0. The predicted molar refractivity (Wildman–Crippen MR) is 49.1 cm³/mol. The largest absolute Gasteiger partial charge is 0.350 e. The van der Waals surface area contributed by atoms with Crippen LogP contribution < -0.4 is 0 Å². The molecule has 0 unspecified atom stereocenters. The summed E-state index contributed by atoms with van der Waals surface area (Å²) in [5.74, 6) is -0.220. The van der Waals surface area contributed by atoms with Crippen molar-refractivity contribution in [3.05, 3.63) is 0 Å². The van der Waals surface area contributed by atoms with Gasteiger partial charge in [-0.25, -0.2) is 0 Å². The summed E-state index contributed by atoms with van der Waals surface area (Å²) in [6, 6.07) is 0. The van der Waals surface area contributed by atoms with E-state index in [-0.39, 0.29) is 5.79 Å². The van der Waals surface area contributed by atoms with E-state index in [1.165, 1.54) is 0 Å². The first-order valence-electron chi connectivity index (χ1n) is 5.11. The first-order valence-corrected chi connectivity index (χ1v) is 5.11. The second-order valence-electron chi connectivity index (χ2n) is 3.46. The van der Waals surface area contributed by atoms with Gasteiger partial charge in [-0.05, 0) is 6.42 Å². The number of ether oxygens (including phenoxy) is 2. The Morgan fingerprint density at radius 2 is 1.50 bits per heavy atom. The van der Waals surface area contributed by atoms with Crippen molar-refractivity contribution in [2.75, 3.05) is 13.2 Å². The molecule has 2 heteroatoms.